The standard InChI is InChI=1S/C15H15N3O3/c19-13-10-4-3-9(7-11(10)14(20)17-13)18-6-5-12(15(18)21)16-8-1-2-8/h3-4,7-8,12,16H,1-2,5-6H2,(H,17,19,20). The van der Waals surface area contributed by atoms with Crippen molar-refractivity contribution in [1.29, 1.82) is 0 Å². The van der Waals surface area contributed by atoms with Crippen molar-refractivity contribution in [3.05, 3.63) is 29.3 Å². The van der Waals surface area contributed by atoms with Crippen LogP contribution in [0.3, 0.4) is 0 Å². The zero-order chi connectivity index (χ0) is 14.6. The van der Waals surface area contributed by atoms with Gasteiger partial charge in [-0.2, -0.15) is 0 Å². The van der Waals surface area contributed by atoms with E-state index in [0.29, 0.717) is 29.4 Å². The molecule has 0 aromatic heterocycles. The molecule has 108 valence electrons. The summed E-state index contributed by atoms with van der Waals surface area (Å²) in [7, 11) is 0. The van der Waals surface area contributed by atoms with Gasteiger partial charge in [-0.3, -0.25) is 19.7 Å². The molecular weight excluding hydrogens is 270 g/mol. The molecule has 2 fully saturated rings. The summed E-state index contributed by atoms with van der Waals surface area (Å²) >= 11 is 0. The zero-order valence-electron chi connectivity index (χ0n) is 11.4. The summed E-state index contributed by atoms with van der Waals surface area (Å²) in [6.07, 6.45) is 3.06. The molecule has 3 amide bonds. The minimum Gasteiger partial charge on any atom is -0.311 e. The molecule has 6 heteroatoms. The van der Waals surface area contributed by atoms with E-state index in [1.54, 1.807) is 23.1 Å². The third-order valence-corrected chi connectivity index (χ3v) is 4.25. The second-order valence-electron chi connectivity index (χ2n) is 5.79. The molecule has 6 nitrogen and oxygen atoms in total. The van der Waals surface area contributed by atoms with Crippen LogP contribution < -0.4 is 15.5 Å². The molecule has 2 heterocycles. The van der Waals surface area contributed by atoms with Gasteiger partial charge in [0.2, 0.25) is 5.91 Å². The first-order valence-electron chi connectivity index (χ1n) is 7.20. The Morgan fingerprint density at radius 2 is 1.81 bits per heavy atom. The molecule has 21 heavy (non-hydrogen) atoms. The van der Waals surface area contributed by atoms with Gasteiger partial charge >= 0.3 is 0 Å². The summed E-state index contributed by atoms with van der Waals surface area (Å²) in [5, 5.41) is 5.61. The molecule has 1 aliphatic carbocycles. The van der Waals surface area contributed by atoms with Crippen LogP contribution in [-0.4, -0.2) is 36.3 Å². The maximum absolute atomic E-state index is 12.4. The first kappa shape index (κ1) is 12.5. The number of benzene rings is 1. The molecule has 1 atom stereocenters. The first-order chi connectivity index (χ1) is 10.1. The highest BCUT2D eigenvalue weighted by molar-refractivity contribution is 6.22. The lowest BCUT2D eigenvalue weighted by Crippen LogP contribution is -2.39. The Morgan fingerprint density at radius 1 is 1.05 bits per heavy atom. The van der Waals surface area contributed by atoms with Gasteiger partial charge in [0.1, 0.15) is 0 Å². The third kappa shape index (κ3) is 2.03. The Kier molecular flexibility index (Phi) is 2.62. The minimum absolute atomic E-state index is 0.0478. The second kappa shape index (κ2) is 4.39. The molecule has 0 bridgehead atoms. The van der Waals surface area contributed by atoms with Gasteiger partial charge in [-0.15, -0.1) is 0 Å². The van der Waals surface area contributed by atoms with Gasteiger partial charge in [-0.05, 0) is 37.5 Å². The Hall–Kier alpha value is -2.21. The predicted molar refractivity (Wildman–Crippen MR) is 75.2 cm³/mol. The Labute approximate surface area is 121 Å². The van der Waals surface area contributed by atoms with Crippen LogP contribution in [0.4, 0.5) is 5.69 Å². The van der Waals surface area contributed by atoms with Gasteiger partial charge in [0.05, 0.1) is 17.2 Å². The number of imide groups is 1. The number of fused-ring (bicyclic) bond motifs is 1. The number of anilines is 1. The van der Waals surface area contributed by atoms with Crippen LogP contribution in [0.5, 0.6) is 0 Å². The van der Waals surface area contributed by atoms with E-state index in [2.05, 4.69) is 10.6 Å². The lowest BCUT2D eigenvalue weighted by Gasteiger charge is -2.17. The first-order valence-corrected chi connectivity index (χ1v) is 7.20. The summed E-state index contributed by atoms with van der Waals surface area (Å²) in [5.74, 6) is -0.717. The topological polar surface area (TPSA) is 78.5 Å². The van der Waals surface area contributed by atoms with Gasteiger partial charge < -0.3 is 10.2 Å². The average Bonchev–Trinajstić information content (AvgIpc) is 3.15. The van der Waals surface area contributed by atoms with Crippen molar-refractivity contribution in [2.24, 2.45) is 0 Å². The summed E-state index contributed by atoms with van der Waals surface area (Å²) in [5.41, 5.74) is 1.41. The van der Waals surface area contributed by atoms with E-state index in [4.69, 9.17) is 0 Å². The van der Waals surface area contributed by atoms with Gasteiger partial charge in [-0.25, -0.2) is 0 Å². The number of rotatable bonds is 3. The van der Waals surface area contributed by atoms with Crippen molar-refractivity contribution in [1.82, 2.24) is 10.6 Å². The largest absolute Gasteiger partial charge is 0.311 e. The molecule has 3 aliphatic rings. The number of amides is 3. The number of hydrogen-bond donors (Lipinski definition) is 2. The lowest BCUT2D eigenvalue weighted by atomic mass is 10.1. The summed E-state index contributed by atoms with van der Waals surface area (Å²) in [4.78, 5) is 37.3. The monoisotopic (exact) mass is 285 g/mol. The van der Waals surface area contributed by atoms with Crippen LogP contribution in [0.25, 0.3) is 0 Å². The summed E-state index contributed by atoms with van der Waals surface area (Å²) in [6.45, 7) is 0.636. The highest BCUT2D eigenvalue weighted by Crippen LogP contribution is 2.28. The van der Waals surface area contributed by atoms with Crippen LogP contribution in [0.1, 0.15) is 40.0 Å². The van der Waals surface area contributed by atoms with Gasteiger partial charge in [0.25, 0.3) is 11.8 Å². The smallest absolute Gasteiger partial charge is 0.259 e. The van der Waals surface area contributed by atoms with Gasteiger partial charge in [0, 0.05) is 18.3 Å². The molecule has 1 aromatic rings. The van der Waals surface area contributed by atoms with Crippen LogP contribution >= 0.6 is 0 Å². The molecule has 2 aliphatic heterocycles. The average molecular weight is 285 g/mol. The molecule has 1 saturated carbocycles. The van der Waals surface area contributed by atoms with Gasteiger partial charge in [0.15, 0.2) is 0 Å². The molecule has 0 radical (unpaired) electrons. The Morgan fingerprint density at radius 3 is 2.57 bits per heavy atom. The number of hydrogen-bond acceptors (Lipinski definition) is 4. The number of carbonyl (C=O) groups excluding carboxylic acids is 3. The van der Waals surface area contributed by atoms with Crippen molar-refractivity contribution in [3.8, 4) is 0 Å². The number of nitrogens with zero attached hydrogens (tertiary/aromatic N) is 1. The minimum atomic E-state index is -0.392. The highest BCUT2D eigenvalue weighted by Gasteiger charge is 2.37. The van der Waals surface area contributed by atoms with Crippen molar-refractivity contribution in [2.45, 2.75) is 31.3 Å². The normalized spacial score (nSPS) is 24.5. The van der Waals surface area contributed by atoms with Crippen LogP contribution in [0.15, 0.2) is 18.2 Å². The van der Waals surface area contributed by atoms with E-state index in [-0.39, 0.29) is 17.9 Å². The number of nitrogens with one attached hydrogen (secondary N) is 2. The quantitative estimate of drug-likeness (QED) is 0.789. The Bertz CT molecular complexity index is 666. The summed E-state index contributed by atoms with van der Waals surface area (Å²) in [6, 6.07) is 5.34. The van der Waals surface area contributed by atoms with E-state index in [9.17, 15) is 14.4 Å². The molecule has 2 N–H and O–H groups in total. The lowest BCUT2D eigenvalue weighted by molar-refractivity contribution is -0.118. The van der Waals surface area contributed by atoms with Crippen LogP contribution in [-0.2, 0) is 4.79 Å². The van der Waals surface area contributed by atoms with Crippen molar-refractivity contribution in [2.75, 3.05) is 11.4 Å². The molecule has 1 saturated heterocycles. The van der Waals surface area contributed by atoms with E-state index in [0.717, 1.165) is 19.3 Å². The molecule has 4 rings (SSSR count). The fourth-order valence-corrected chi connectivity index (χ4v) is 2.95. The van der Waals surface area contributed by atoms with Crippen molar-refractivity contribution >= 4 is 23.4 Å². The van der Waals surface area contributed by atoms with Crippen molar-refractivity contribution < 1.29 is 14.4 Å². The molecule has 0 spiro atoms. The van der Waals surface area contributed by atoms with E-state index in [1.807, 2.05) is 0 Å². The van der Waals surface area contributed by atoms with E-state index >= 15 is 0 Å². The SMILES string of the molecule is O=C1NC(=O)c2cc(N3CCC(NC4CC4)C3=O)ccc21. The maximum atomic E-state index is 12.4. The Balaban J connectivity index is 1.59. The van der Waals surface area contributed by atoms with E-state index < -0.39 is 5.91 Å². The van der Waals surface area contributed by atoms with E-state index in [1.165, 1.54) is 0 Å². The van der Waals surface area contributed by atoms with Crippen LogP contribution in [0, 0.1) is 0 Å². The maximum Gasteiger partial charge on any atom is 0.259 e. The number of carbonyl (C=O) groups is 3. The molecule has 1 unspecified atom stereocenters. The predicted octanol–water partition coefficient (Wildman–Crippen LogP) is 0.428. The van der Waals surface area contributed by atoms with Gasteiger partial charge in [-0.1, -0.05) is 0 Å². The zero-order valence-corrected chi connectivity index (χ0v) is 11.4. The second-order valence-corrected chi connectivity index (χ2v) is 5.79. The fraction of sp³-hybridized carbons (Fsp3) is 0.400. The molecule has 1 aromatic carbocycles. The van der Waals surface area contributed by atoms with Crippen LogP contribution in [0.2, 0.25) is 0 Å². The van der Waals surface area contributed by atoms with Crippen molar-refractivity contribution in [3.63, 3.8) is 0 Å². The fourth-order valence-electron chi connectivity index (χ4n) is 2.95. The summed E-state index contributed by atoms with van der Waals surface area (Å²) < 4.78 is 0. The third-order valence-electron chi connectivity index (χ3n) is 4.25. The highest BCUT2D eigenvalue weighted by atomic mass is 16.2. The molecular formula is C15H15N3O3.